The van der Waals surface area contributed by atoms with Gasteiger partial charge in [-0.05, 0) is 35.7 Å². The Balaban J connectivity index is 2.14. The van der Waals surface area contributed by atoms with Gasteiger partial charge in [-0.25, -0.2) is 4.39 Å². The Morgan fingerprint density at radius 2 is 2.19 bits per heavy atom. The Hall–Kier alpha value is -1.32. The van der Waals surface area contributed by atoms with E-state index in [0.717, 1.165) is 11.1 Å². The zero-order valence-electron chi connectivity index (χ0n) is 8.49. The summed E-state index contributed by atoms with van der Waals surface area (Å²) in [7, 11) is 0. The van der Waals surface area contributed by atoms with E-state index >= 15 is 0 Å². The fourth-order valence-electron chi connectivity index (χ4n) is 1.52. The third-order valence-corrected chi connectivity index (χ3v) is 2.70. The van der Waals surface area contributed by atoms with Gasteiger partial charge in [0.05, 0.1) is 17.5 Å². The van der Waals surface area contributed by atoms with Gasteiger partial charge in [0.1, 0.15) is 5.82 Å². The van der Waals surface area contributed by atoms with Crippen molar-refractivity contribution in [3.8, 4) is 0 Å². The van der Waals surface area contributed by atoms with Crippen LogP contribution in [0.3, 0.4) is 0 Å². The lowest BCUT2D eigenvalue weighted by Gasteiger charge is -2.11. The second-order valence-electron chi connectivity index (χ2n) is 3.62. The van der Waals surface area contributed by atoms with Crippen LogP contribution in [0.1, 0.15) is 17.2 Å². The summed E-state index contributed by atoms with van der Waals surface area (Å²) in [6.45, 7) is 0. The predicted molar refractivity (Wildman–Crippen MR) is 60.8 cm³/mol. The fraction of sp³-hybridized carbons (Fsp3) is 0.167. The highest BCUT2D eigenvalue weighted by atomic mass is 35.5. The summed E-state index contributed by atoms with van der Waals surface area (Å²) in [5.41, 5.74) is 7.80. The second kappa shape index (κ2) is 4.68. The molecule has 2 nitrogen and oxygen atoms in total. The molecule has 84 valence electrons. The van der Waals surface area contributed by atoms with Crippen molar-refractivity contribution in [1.29, 1.82) is 0 Å². The van der Waals surface area contributed by atoms with Gasteiger partial charge in [0.25, 0.3) is 0 Å². The van der Waals surface area contributed by atoms with Crippen molar-refractivity contribution >= 4 is 11.6 Å². The van der Waals surface area contributed by atoms with Crippen molar-refractivity contribution in [3.63, 3.8) is 0 Å². The van der Waals surface area contributed by atoms with Crippen LogP contribution in [0, 0.1) is 5.82 Å². The van der Waals surface area contributed by atoms with Crippen molar-refractivity contribution in [3.05, 3.63) is 58.8 Å². The lowest BCUT2D eigenvalue weighted by Crippen LogP contribution is -2.13. The van der Waals surface area contributed by atoms with Crippen LogP contribution in [0.4, 0.5) is 4.39 Å². The molecular weight excluding hydrogens is 229 g/mol. The minimum Gasteiger partial charge on any atom is -0.472 e. The molecule has 0 saturated carbocycles. The highest BCUT2D eigenvalue weighted by Crippen LogP contribution is 2.22. The average molecular weight is 240 g/mol. The Morgan fingerprint density at radius 1 is 1.38 bits per heavy atom. The molecule has 0 fully saturated rings. The van der Waals surface area contributed by atoms with Crippen LogP contribution in [0.5, 0.6) is 0 Å². The SMILES string of the molecule is NC(Cc1ccoc1)c1ccc(F)c(Cl)c1. The van der Waals surface area contributed by atoms with Gasteiger partial charge in [0, 0.05) is 6.04 Å². The summed E-state index contributed by atoms with van der Waals surface area (Å²) in [4.78, 5) is 0. The molecule has 0 bridgehead atoms. The van der Waals surface area contributed by atoms with Crippen molar-refractivity contribution in [2.24, 2.45) is 5.73 Å². The van der Waals surface area contributed by atoms with E-state index in [9.17, 15) is 4.39 Å². The highest BCUT2D eigenvalue weighted by Gasteiger charge is 2.10. The number of halogens is 2. The minimum absolute atomic E-state index is 0.0974. The number of furan rings is 1. The quantitative estimate of drug-likeness (QED) is 0.893. The maximum Gasteiger partial charge on any atom is 0.141 e. The van der Waals surface area contributed by atoms with E-state index in [2.05, 4.69) is 0 Å². The van der Waals surface area contributed by atoms with Crippen molar-refractivity contribution < 1.29 is 8.81 Å². The van der Waals surface area contributed by atoms with E-state index < -0.39 is 5.82 Å². The summed E-state index contributed by atoms with van der Waals surface area (Å²) >= 11 is 5.69. The number of benzene rings is 1. The number of hydrogen-bond acceptors (Lipinski definition) is 2. The van der Waals surface area contributed by atoms with Gasteiger partial charge in [-0.3, -0.25) is 0 Å². The Bertz CT molecular complexity index is 470. The summed E-state index contributed by atoms with van der Waals surface area (Å²) in [6, 6.07) is 6.17. The van der Waals surface area contributed by atoms with E-state index in [0.29, 0.717) is 6.42 Å². The van der Waals surface area contributed by atoms with Gasteiger partial charge in [-0.15, -0.1) is 0 Å². The molecule has 1 atom stereocenters. The fourth-order valence-corrected chi connectivity index (χ4v) is 1.71. The molecule has 0 radical (unpaired) electrons. The molecule has 0 aliphatic rings. The normalized spacial score (nSPS) is 12.7. The van der Waals surface area contributed by atoms with Gasteiger partial charge < -0.3 is 10.2 Å². The van der Waals surface area contributed by atoms with Crippen LogP contribution >= 0.6 is 11.6 Å². The van der Waals surface area contributed by atoms with Gasteiger partial charge >= 0.3 is 0 Å². The zero-order valence-corrected chi connectivity index (χ0v) is 9.25. The van der Waals surface area contributed by atoms with Crippen LogP contribution in [-0.2, 0) is 6.42 Å². The maximum absolute atomic E-state index is 13.0. The molecule has 1 heterocycles. The number of rotatable bonds is 3. The van der Waals surface area contributed by atoms with E-state index in [1.54, 1.807) is 24.7 Å². The molecule has 1 aromatic carbocycles. The first-order valence-electron chi connectivity index (χ1n) is 4.88. The minimum atomic E-state index is -0.430. The highest BCUT2D eigenvalue weighted by molar-refractivity contribution is 6.30. The summed E-state index contributed by atoms with van der Waals surface area (Å²) in [5.74, 6) is -0.430. The Labute approximate surface area is 97.8 Å². The van der Waals surface area contributed by atoms with Crippen LogP contribution < -0.4 is 5.73 Å². The third kappa shape index (κ3) is 2.43. The summed E-state index contributed by atoms with van der Waals surface area (Å²) in [5, 5.41) is 0.0974. The van der Waals surface area contributed by atoms with Crippen molar-refractivity contribution in [2.45, 2.75) is 12.5 Å². The first-order valence-corrected chi connectivity index (χ1v) is 5.26. The van der Waals surface area contributed by atoms with Gasteiger partial charge in [0.2, 0.25) is 0 Å². The van der Waals surface area contributed by atoms with Gasteiger partial charge in [-0.1, -0.05) is 17.7 Å². The second-order valence-corrected chi connectivity index (χ2v) is 4.02. The summed E-state index contributed by atoms with van der Waals surface area (Å²) in [6.07, 6.45) is 3.88. The van der Waals surface area contributed by atoms with Gasteiger partial charge in [0.15, 0.2) is 0 Å². The lowest BCUT2D eigenvalue weighted by molar-refractivity contribution is 0.561. The van der Waals surface area contributed by atoms with Crippen LogP contribution in [-0.4, -0.2) is 0 Å². The molecule has 0 spiro atoms. The van der Waals surface area contributed by atoms with E-state index in [1.165, 1.54) is 6.07 Å². The van der Waals surface area contributed by atoms with E-state index in [1.807, 2.05) is 6.07 Å². The van der Waals surface area contributed by atoms with E-state index in [4.69, 9.17) is 21.8 Å². The average Bonchev–Trinajstić information content (AvgIpc) is 2.74. The monoisotopic (exact) mass is 239 g/mol. The maximum atomic E-state index is 13.0. The van der Waals surface area contributed by atoms with Crippen LogP contribution in [0.25, 0.3) is 0 Å². The topological polar surface area (TPSA) is 39.2 Å². The largest absolute Gasteiger partial charge is 0.472 e. The molecule has 2 N–H and O–H groups in total. The van der Waals surface area contributed by atoms with Crippen molar-refractivity contribution in [1.82, 2.24) is 0 Å². The number of hydrogen-bond donors (Lipinski definition) is 1. The smallest absolute Gasteiger partial charge is 0.141 e. The molecule has 0 aliphatic heterocycles. The molecule has 0 saturated heterocycles. The molecule has 0 amide bonds. The zero-order chi connectivity index (χ0) is 11.5. The summed E-state index contributed by atoms with van der Waals surface area (Å²) < 4.78 is 17.9. The molecule has 1 aromatic heterocycles. The van der Waals surface area contributed by atoms with Crippen LogP contribution in [0.15, 0.2) is 41.2 Å². The van der Waals surface area contributed by atoms with Gasteiger partial charge in [-0.2, -0.15) is 0 Å². The lowest BCUT2D eigenvalue weighted by atomic mass is 10.0. The van der Waals surface area contributed by atoms with E-state index in [-0.39, 0.29) is 11.1 Å². The Morgan fingerprint density at radius 3 is 2.81 bits per heavy atom. The standard InChI is InChI=1S/C12H11ClFNO/c13-10-6-9(1-2-11(10)14)12(15)5-8-3-4-16-7-8/h1-4,6-7,12H,5,15H2. The molecule has 4 heteroatoms. The molecule has 2 rings (SSSR count). The first-order chi connectivity index (χ1) is 7.66. The molecular formula is C12H11ClFNO. The molecule has 0 aliphatic carbocycles. The number of nitrogens with two attached hydrogens (primary N) is 1. The first kappa shape index (κ1) is 11.2. The molecule has 1 unspecified atom stereocenters. The van der Waals surface area contributed by atoms with Crippen molar-refractivity contribution in [2.75, 3.05) is 0 Å². The molecule has 2 aromatic rings. The molecule has 16 heavy (non-hydrogen) atoms. The Kier molecular flexibility index (Phi) is 3.27. The predicted octanol–water partition coefficient (Wildman–Crippen LogP) is 3.31. The third-order valence-electron chi connectivity index (χ3n) is 2.41. The van der Waals surface area contributed by atoms with Crippen LogP contribution in [0.2, 0.25) is 5.02 Å².